The Balaban J connectivity index is 2.40. The standard InChI is InChI=1S/C14H18BrClN2OS/c1-9(20(3)19)6-7-18-13-8-11(15)4-5-12(13)17-14(18)10(2)16/h4-5,8-10H,6-7H2,1-3H3. The predicted octanol–water partition coefficient (Wildman–Crippen LogP) is 4.26. The maximum atomic E-state index is 11.5. The summed E-state index contributed by atoms with van der Waals surface area (Å²) >= 11 is 9.74. The van der Waals surface area contributed by atoms with Crippen LogP contribution >= 0.6 is 27.5 Å². The lowest BCUT2D eigenvalue weighted by atomic mass is 10.3. The van der Waals surface area contributed by atoms with Gasteiger partial charge in [0.15, 0.2) is 0 Å². The van der Waals surface area contributed by atoms with Crippen molar-refractivity contribution < 1.29 is 4.21 Å². The minimum atomic E-state index is -0.803. The third-order valence-electron chi connectivity index (χ3n) is 3.42. The Bertz CT molecular complexity index is 641. The van der Waals surface area contributed by atoms with Gasteiger partial charge >= 0.3 is 0 Å². The summed E-state index contributed by atoms with van der Waals surface area (Å²) in [4.78, 5) is 4.61. The number of nitrogens with zero attached hydrogens (tertiary/aromatic N) is 2. The normalized spacial score (nSPS) is 16.2. The van der Waals surface area contributed by atoms with Crippen LogP contribution in [0, 0.1) is 0 Å². The first kappa shape index (κ1) is 16.0. The Labute approximate surface area is 135 Å². The molecule has 110 valence electrons. The van der Waals surface area contributed by atoms with Gasteiger partial charge in [0.2, 0.25) is 0 Å². The summed E-state index contributed by atoms with van der Waals surface area (Å²) in [5.41, 5.74) is 2.01. The van der Waals surface area contributed by atoms with Gasteiger partial charge in [0.25, 0.3) is 0 Å². The first-order valence-corrected chi connectivity index (χ1v) is 9.37. The molecule has 0 aliphatic heterocycles. The van der Waals surface area contributed by atoms with Crippen LogP contribution in [0.5, 0.6) is 0 Å². The molecule has 1 aromatic heterocycles. The van der Waals surface area contributed by atoms with Crippen LogP contribution in [0.2, 0.25) is 0 Å². The zero-order valence-corrected chi connectivity index (χ0v) is 14.9. The summed E-state index contributed by atoms with van der Waals surface area (Å²) in [6.07, 6.45) is 2.59. The van der Waals surface area contributed by atoms with Crippen molar-refractivity contribution in [2.45, 2.75) is 37.4 Å². The van der Waals surface area contributed by atoms with Crippen molar-refractivity contribution in [1.29, 1.82) is 0 Å². The average Bonchev–Trinajstić information content (AvgIpc) is 2.73. The van der Waals surface area contributed by atoms with Gasteiger partial charge in [-0.2, -0.15) is 0 Å². The Morgan fingerprint density at radius 3 is 2.75 bits per heavy atom. The largest absolute Gasteiger partial charge is 0.327 e. The van der Waals surface area contributed by atoms with Gasteiger partial charge in [-0.15, -0.1) is 11.6 Å². The van der Waals surface area contributed by atoms with Crippen LogP contribution in [0.4, 0.5) is 0 Å². The van der Waals surface area contributed by atoms with E-state index in [0.29, 0.717) is 0 Å². The summed E-state index contributed by atoms with van der Waals surface area (Å²) in [5, 5.41) is 0.0155. The molecule has 20 heavy (non-hydrogen) atoms. The lowest BCUT2D eigenvalue weighted by Crippen LogP contribution is -2.14. The lowest BCUT2D eigenvalue weighted by Gasteiger charge is -2.13. The molecule has 0 aliphatic carbocycles. The molecular weight excluding hydrogens is 360 g/mol. The molecule has 2 aromatic rings. The van der Waals surface area contributed by atoms with Gasteiger partial charge in [-0.3, -0.25) is 4.21 Å². The molecule has 6 heteroatoms. The van der Waals surface area contributed by atoms with Gasteiger partial charge in [0.1, 0.15) is 5.82 Å². The molecule has 0 fully saturated rings. The molecule has 0 saturated heterocycles. The summed E-state index contributed by atoms with van der Waals surface area (Å²) in [5.74, 6) is 0.869. The van der Waals surface area contributed by atoms with Crippen molar-refractivity contribution in [1.82, 2.24) is 9.55 Å². The summed E-state index contributed by atoms with van der Waals surface area (Å²) < 4.78 is 14.7. The van der Waals surface area contributed by atoms with E-state index >= 15 is 0 Å². The number of aromatic nitrogens is 2. The zero-order valence-electron chi connectivity index (χ0n) is 11.8. The van der Waals surface area contributed by atoms with Crippen LogP contribution in [0.3, 0.4) is 0 Å². The highest BCUT2D eigenvalue weighted by Crippen LogP contribution is 2.27. The summed E-state index contributed by atoms with van der Waals surface area (Å²) in [6, 6.07) is 6.02. The van der Waals surface area contributed by atoms with Crippen LogP contribution in [0.25, 0.3) is 11.0 Å². The molecule has 3 unspecified atom stereocenters. The van der Waals surface area contributed by atoms with E-state index in [-0.39, 0.29) is 10.6 Å². The molecule has 1 heterocycles. The fourth-order valence-corrected chi connectivity index (χ4v) is 3.08. The first-order chi connectivity index (χ1) is 9.40. The molecule has 0 saturated carbocycles. The van der Waals surface area contributed by atoms with Gasteiger partial charge in [-0.25, -0.2) is 4.98 Å². The van der Waals surface area contributed by atoms with Crippen LogP contribution < -0.4 is 0 Å². The molecule has 0 N–H and O–H groups in total. The minimum Gasteiger partial charge on any atom is -0.327 e. The third-order valence-corrected chi connectivity index (χ3v) is 5.48. The Morgan fingerprint density at radius 1 is 1.45 bits per heavy atom. The second-order valence-electron chi connectivity index (χ2n) is 4.97. The van der Waals surface area contributed by atoms with Crippen LogP contribution in [-0.2, 0) is 17.3 Å². The van der Waals surface area contributed by atoms with Crippen molar-refractivity contribution in [2.24, 2.45) is 0 Å². The molecule has 1 aromatic carbocycles. The van der Waals surface area contributed by atoms with E-state index in [1.165, 1.54) is 0 Å². The number of alkyl halides is 1. The topological polar surface area (TPSA) is 34.9 Å². The van der Waals surface area contributed by atoms with Crippen molar-refractivity contribution in [2.75, 3.05) is 6.26 Å². The van der Waals surface area contributed by atoms with E-state index in [1.54, 1.807) is 6.26 Å². The summed E-state index contributed by atoms with van der Waals surface area (Å²) in [6.45, 7) is 4.71. The van der Waals surface area contributed by atoms with Crippen molar-refractivity contribution >= 4 is 49.4 Å². The van der Waals surface area contributed by atoms with Crippen LogP contribution in [-0.4, -0.2) is 25.3 Å². The molecule has 2 rings (SSSR count). The molecule has 3 nitrogen and oxygen atoms in total. The molecule has 0 bridgehead atoms. The van der Waals surface area contributed by atoms with Crippen molar-refractivity contribution in [3.63, 3.8) is 0 Å². The number of aryl methyl sites for hydroxylation is 1. The fraction of sp³-hybridized carbons (Fsp3) is 0.500. The van der Waals surface area contributed by atoms with Gasteiger partial charge in [-0.1, -0.05) is 22.9 Å². The maximum Gasteiger partial charge on any atom is 0.127 e. The zero-order chi connectivity index (χ0) is 14.9. The maximum absolute atomic E-state index is 11.5. The number of hydrogen-bond donors (Lipinski definition) is 0. The number of fused-ring (bicyclic) bond motifs is 1. The molecule has 0 amide bonds. The molecule has 0 radical (unpaired) electrons. The highest BCUT2D eigenvalue weighted by molar-refractivity contribution is 9.10. The van der Waals surface area contributed by atoms with E-state index in [2.05, 4.69) is 31.5 Å². The second-order valence-corrected chi connectivity index (χ2v) is 8.34. The third kappa shape index (κ3) is 3.43. The second kappa shape index (κ2) is 6.58. The van der Waals surface area contributed by atoms with E-state index in [4.69, 9.17) is 11.6 Å². The quantitative estimate of drug-likeness (QED) is 0.730. The van der Waals surface area contributed by atoms with Gasteiger partial charge in [0, 0.05) is 33.3 Å². The van der Waals surface area contributed by atoms with Crippen LogP contribution in [0.1, 0.15) is 31.5 Å². The molecule has 3 atom stereocenters. The molecular formula is C14H18BrClN2OS. The molecule has 0 spiro atoms. The Hall–Kier alpha value is -0.390. The average molecular weight is 378 g/mol. The summed E-state index contributed by atoms with van der Waals surface area (Å²) in [7, 11) is -0.803. The number of rotatable bonds is 5. The van der Waals surface area contributed by atoms with Crippen LogP contribution in [0.15, 0.2) is 22.7 Å². The Morgan fingerprint density at radius 2 is 2.15 bits per heavy atom. The highest BCUT2D eigenvalue weighted by Gasteiger charge is 2.16. The van der Waals surface area contributed by atoms with Crippen molar-refractivity contribution in [3.8, 4) is 0 Å². The monoisotopic (exact) mass is 376 g/mol. The van der Waals surface area contributed by atoms with Gasteiger partial charge < -0.3 is 4.57 Å². The Kier molecular flexibility index (Phi) is 5.26. The van der Waals surface area contributed by atoms with Crippen molar-refractivity contribution in [3.05, 3.63) is 28.5 Å². The fourth-order valence-electron chi connectivity index (χ4n) is 2.13. The number of halogens is 2. The van der Waals surface area contributed by atoms with Gasteiger partial charge in [0.05, 0.1) is 16.4 Å². The minimum absolute atomic E-state index is 0.149. The predicted molar refractivity (Wildman–Crippen MR) is 89.8 cm³/mol. The SMILES string of the molecule is CC(Cl)c1nc2ccc(Br)cc2n1CCC(C)S(C)=O. The number of imidazole rings is 1. The number of hydrogen-bond acceptors (Lipinski definition) is 2. The van der Waals surface area contributed by atoms with Gasteiger partial charge in [-0.05, 0) is 31.5 Å². The van der Waals surface area contributed by atoms with E-state index in [0.717, 1.165) is 34.3 Å². The number of benzene rings is 1. The molecule has 0 aliphatic rings. The highest BCUT2D eigenvalue weighted by atomic mass is 79.9. The van der Waals surface area contributed by atoms with E-state index < -0.39 is 10.8 Å². The first-order valence-electron chi connectivity index (χ1n) is 6.52. The lowest BCUT2D eigenvalue weighted by molar-refractivity contribution is 0.608. The van der Waals surface area contributed by atoms with E-state index in [9.17, 15) is 4.21 Å². The van der Waals surface area contributed by atoms with E-state index in [1.807, 2.05) is 26.0 Å². The smallest absolute Gasteiger partial charge is 0.127 e.